The van der Waals surface area contributed by atoms with Crippen LogP contribution in [-0.2, 0) is 16.1 Å². The van der Waals surface area contributed by atoms with Gasteiger partial charge >= 0.3 is 0 Å². The normalized spacial score (nSPS) is 32.6. The number of fused-ring (bicyclic) bond motifs is 5. The van der Waals surface area contributed by atoms with Crippen LogP contribution in [0.5, 0.6) is 0 Å². The molecular formula is C17H14N2O2. The molecule has 2 bridgehead atoms. The Kier molecular flexibility index (Phi) is 2.52. The Hall–Kier alpha value is -2.41. The van der Waals surface area contributed by atoms with Crippen LogP contribution < -0.4 is 0 Å². The van der Waals surface area contributed by atoms with Crippen molar-refractivity contribution >= 4 is 11.8 Å². The first-order valence-electron chi connectivity index (χ1n) is 7.21. The number of allylic oxidation sites excluding steroid dienone is 2. The number of nitriles is 1. The molecule has 1 saturated carbocycles. The second-order valence-electron chi connectivity index (χ2n) is 6.07. The number of rotatable bonds is 2. The topological polar surface area (TPSA) is 61.2 Å². The molecule has 1 aromatic carbocycles. The number of nitrogens with zero attached hydrogens (tertiary/aromatic N) is 2. The number of carbonyl (C=O) groups excluding carboxylic acids is 2. The van der Waals surface area contributed by atoms with E-state index in [2.05, 4.69) is 18.2 Å². The van der Waals surface area contributed by atoms with Crippen LogP contribution in [0.3, 0.4) is 0 Å². The summed E-state index contributed by atoms with van der Waals surface area (Å²) in [5, 5.41) is 8.93. The molecule has 0 spiro atoms. The van der Waals surface area contributed by atoms with Crippen molar-refractivity contribution in [1.82, 2.24) is 4.90 Å². The van der Waals surface area contributed by atoms with Gasteiger partial charge in [-0.05, 0) is 36.0 Å². The molecule has 0 aromatic heterocycles. The Labute approximate surface area is 122 Å². The number of amides is 2. The van der Waals surface area contributed by atoms with Crippen LogP contribution in [0.4, 0.5) is 0 Å². The number of hydrogen-bond donors (Lipinski definition) is 0. The van der Waals surface area contributed by atoms with E-state index in [1.807, 2.05) is 6.07 Å². The molecule has 2 amide bonds. The van der Waals surface area contributed by atoms with Crippen molar-refractivity contribution in [3.05, 3.63) is 47.5 Å². The minimum Gasteiger partial charge on any atom is -0.278 e. The van der Waals surface area contributed by atoms with Crippen molar-refractivity contribution in [2.75, 3.05) is 0 Å². The van der Waals surface area contributed by atoms with Crippen LogP contribution in [-0.4, -0.2) is 16.7 Å². The standard InChI is InChI=1S/C17H14N2O2/c18-8-10-2-1-3-11(6-10)9-19-16(20)14-12-4-5-13(7-12)15(14)17(19)21/h1-6,12-15H,7,9H2/t12-,13-,14+,15+/m0/s1. The third kappa shape index (κ3) is 1.67. The molecule has 0 N–H and O–H groups in total. The lowest BCUT2D eigenvalue weighted by atomic mass is 9.85. The smallest absolute Gasteiger partial charge is 0.234 e. The largest absolute Gasteiger partial charge is 0.278 e. The summed E-state index contributed by atoms with van der Waals surface area (Å²) in [5.74, 6) is 0.116. The van der Waals surface area contributed by atoms with Crippen LogP contribution in [0.1, 0.15) is 17.5 Å². The van der Waals surface area contributed by atoms with Crippen molar-refractivity contribution in [2.24, 2.45) is 23.7 Å². The highest BCUT2D eigenvalue weighted by atomic mass is 16.2. The van der Waals surface area contributed by atoms with Gasteiger partial charge in [-0.3, -0.25) is 14.5 Å². The quantitative estimate of drug-likeness (QED) is 0.613. The van der Waals surface area contributed by atoms with Gasteiger partial charge in [0.05, 0.1) is 30.0 Å². The minimum atomic E-state index is -0.147. The van der Waals surface area contributed by atoms with Crippen molar-refractivity contribution in [3.63, 3.8) is 0 Å². The van der Waals surface area contributed by atoms with Crippen LogP contribution in [0, 0.1) is 35.0 Å². The van der Waals surface area contributed by atoms with Crippen molar-refractivity contribution in [3.8, 4) is 6.07 Å². The number of benzene rings is 1. The molecule has 4 heteroatoms. The zero-order chi connectivity index (χ0) is 14.6. The number of likely N-dealkylation sites (tertiary alicyclic amines) is 1. The number of hydrogen-bond acceptors (Lipinski definition) is 3. The lowest BCUT2D eigenvalue weighted by Gasteiger charge is -2.17. The highest BCUT2D eigenvalue weighted by molar-refractivity contribution is 6.06. The fraction of sp³-hybridized carbons (Fsp3) is 0.353. The first kappa shape index (κ1) is 12.3. The summed E-state index contributed by atoms with van der Waals surface area (Å²) >= 11 is 0. The second-order valence-corrected chi connectivity index (χ2v) is 6.07. The zero-order valence-corrected chi connectivity index (χ0v) is 11.4. The molecular weight excluding hydrogens is 264 g/mol. The molecule has 4 rings (SSSR count). The van der Waals surface area contributed by atoms with E-state index >= 15 is 0 Å². The predicted molar refractivity (Wildman–Crippen MR) is 74.4 cm³/mol. The van der Waals surface area contributed by atoms with Gasteiger partial charge in [-0.1, -0.05) is 24.3 Å². The number of imide groups is 1. The number of carbonyl (C=O) groups is 2. The minimum absolute atomic E-state index is 0.0378. The Morgan fingerprint density at radius 2 is 1.81 bits per heavy atom. The average Bonchev–Trinajstić information content (AvgIpc) is 3.17. The third-order valence-electron chi connectivity index (χ3n) is 4.96. The van der Waals surface area contributed by atoms with Gasteiger partial charge in [0, 0.05) is 0 Å². The fourth-order valence-corrected chi connectivity index (χ4v) is 4.04. The third-order valence-corrected chi connectivity index (χ3v) is 4.96. The maximum atomic E-state index is 12.6. The molecule has 1 saturated heterocycles. The Morgan fingerprint density at radius 3 is 2.43 bits per heavy atom. The fourth-order valence-electron chi connectivity index (χ4n) is 4.04. The SMILES string of the molecule is N#Cc1cccc(CN2C(=O)[C@H]3[C@H](C2=O)[C@H]2C=C[C@H]3C2)c1. The van der Waals surface area contributed by atoms with Gasteiger partial charge in [0.15, 0.2) is 0 Å². The molecule has 21 heavy (non-hydrogen) atoms. The van der Waals surface area contributed by atoms with Gasteiger partial charge in [0.2, 0.25) is 11.8 Å². The molecule has 2 aliphatic carbocycles. The predicted octanol–water partition coefficient (Wildman–Crippen LogP) is 1.87. The van der Waals surface area contributed by atoms with Gasteiger partial charge in [-0.15, -0.1) is 0 Å². The molecule has 4 nitrogen and oxygen atoms in total. The summed E-state index contributed by atoms with van der Waals surface area (Å²) in [7, 11) is 0. The summed E-state index contributed by atoms with van der Waals surface area (Å²) in [6, 6.07) is 9.17. The molecule has 0 radical (unpaired) electrons. The first-order chi connectivity index (χ1) is 10.2. The van der Waals surface area contributed by atoms with Crippen molar-refractivity contribution < 1.29 is 9.59 Å². The van der Waals surface area contributed by atoms with E-state index in [1.165, 1.54) is 4.90 Å². The van der Waals surface area contributed by atoms with Gasteiger partial charge < -0.3 is 0 Å². The van der Waals surface area contributed by atoms with E-state index in [0.717, 1.165) is 12.0 Å². The lowest BCUT2D eigenvalue weighted by Crippen LogP contribution is -2.32. The van der Waals surface area contributed by atoms with Crippen molar-refractivity contribution in [2.45, 2.75) is 13.0 Å². The molecule has 4 atom stereocenters. The Bertz CT molecular complexity index is 686. The van der Waals surface area contributed by atoms with Gasteiger partial charge in [-0.2, -0.15) is 5.26 Å². The monoisotopic (exact) mass is 278 g/mol. The zero-order valence-electron chi connectivity index (χ0n) is 11.4. The van der Waals surface area contributed by atoms with Crippen LogP contribution in [0.15, 0.2) is 36.4 Å². The Morgan fingerprint density at radius 1 is 1.14 bits per heavy atom. The molecule has 3 aliphatic rings. The van der Waals surface area contributed by atoms with E-state index in [4.69, 9.17) is 5.26 Å². The van der Waals surface area contributed by atoms with E-state index < -0.39 is 0 Å². The first-order valence-corrected chi connectivity index (χ1v) is 7.21. The lowest BCUT2D eigenvalue weighted by molar-refractivity contribution is -0.141. The summed E-state index contributed by atoms with van der Waals surface area (Å²) in [5.41, 5.74) is 1.38. The second kappa shape index (κ2) is 4.29. The average molecular weight is 278 g/mol. The van der Waals surface area contributed by atoms with Crippen LogP contribution in [0.2, 0.25) is 0 Å². The summed E-state index contributed by atoms with van der Waals surface area (Å²) in [4.78, 5) is 26.5. The molecule has 0 unspecified atom stereocenters. The van der Waals surface area contributed by atoms with Crippen molar-refractivity contribution in [1.29, 1.82) is 5.26 Å². The van der Waals surface area contributed by atoms with E-state index in [0.29, 0.717) is 5.56 Å². The van der Waals surface area contributed by atoms with Gasteiger partial charge in [-0.25, -0.2) is 0 Å². The van der Waals surface area contributed by atoms with Gasteiger partial charge in [0.1, 0.15) is 0 Å². The summed E-state index contributed by atoms with van der Waals surface area (Å²) in [6.45, 7) is 0.277. The highest BCUT2D eigenvalue weighted by Gasteiger charge is 2.59. The van der Waals surface area contributed by atoms with E-state index in [1.54, 1.807) is 18.2 Å². The van der Waals surface area contributed by atoms with Crippen LogP contribution >= 0.6 is 0 Å². The maximum absolute atomic E-state index is 12.6. The van der Waals surface area contributed by atoms with Crippen LogP contribution in [0.25, 0.3) is 0 Å². The molecule has 1 aliphatic heterocycles. The highest BCUT2D eigenvalue weighted by Crippen LogP contribution is 2.52. The van der Waals surface area contributed by atoms with E-state index in [9.17, 15) is 9.59 Å². The molecule has 1 aromatic rings. The Balaban J connectivity index is 1.61. The van der Waals surface area contributed by atoms with E-state index in [-0.39, 0.29) is 42.0 Å². The molecule has 104 valence electrons. The molecule has 2 fully saturated rings. The molecule has 1 heterocycles. The summed E-state index contributed by atoms with van der Waals surface area (Å²) < 4.78 is 0. The van der Waals surface area contributed by atoms with Gasteiger partial charge in [0.25, 0.3) is 0 Å². The summed E-state index contributed by atoms with van der Waals surface area (Å²) in [6.07, 6.45) is 5.14. The maximum Gasteiger partial charge on any atom is 0.234 e.